The molecule has 6 heteroatoms. The first-order valence-electron chi connectivity index (χ1n) is 8.69. The van der Waals surface area contributed by atoms with Crippen molar-refractivity contribution in [2.24, 2.45) is 23.2 Å². The fraction of sp³-hybridized carbons (Fsp3) is 0.938. The zero-order valence-electron chi connectivity index (χ0n) is 13.3. The van der Waals surface area contributed by atoms with Crippen LogP contribution in [0.15, 0.2) is 0 Å². The number of alkyl halides is 1. The molecule has 5 rings (SSSR count). The maximum atomic E-state index is 12.1. The largest absolute Gasteiger partial charge is 0.481 e. The van der Waals surface area contributed by atoms with Crippen LogP contribution in [0, 0.1) is 23.2 Å². The molecule has 0 spiro atoms. The first-order chi connectivity index (χ1) is 10.5. The highest BCUT2D eigenvalue weighted by Crippen LogP contribution is 2.78. The molecule has 5 fully saturated rings. The predicted octanol–water partition coefficient (Wildman–Crippen LogP) is 2.25. The van der Waals surface area contributed by atoms with E-state index in [-0.39, 0.29) is 30.7 Å². The van der Waals surface area contributed by atoms with E-state index in [1.54, 1.807) is 0 Å². The first kappa shape index (κ1) is 14.3. The van der Waals surface area contributed by atoms with Crippen molar-refractivity contribution < 1.29 is 14.1 Å². The van der Waals surface area contributed by atoms with Gasteiger partial charge < -0.3 is 14.2 Å². The van der Waals surface area contributed by atoms with Crippen molar-refractivity contribution in [1.82, 2.24) is 4.90 Å². The molecule has 0 N–H and O–H groups in total. The lowest BCUT2D eigenvalue weighted by atomic mass is 9.41. The van der Waals surface area contributed by atoms with Crippen molar-refractivity contribution in [1.29, 1.82) is 0 Å². The van der Waals surface area contributed by atoms with Gasteiger partial charge in [0.1, 0.15) is 0 Å². The van der Waals surface area contributed by atoms with E-state index >= 15 is 0 Å². The van der Waals surface area contributed by atoms with Crippen molar-refractivity contribution in [2.75, 3.05) is 11.9 Å². The Morgan fingerprint density at radius 2 is 2.23 bits per heavy atom. The second-order valence-electron chi connectivity index (χ2n) is 8.35. The molecule has 3 saturated carbocycles. The zero-order chi connectivity index (χ0) is 15.3. The van der Waals surface area contributed by atoms with Gasteiger partial charge in [0.25, 0.3) is 0 Å². The van der Waals surface area contributed by atoms with Gasteiger partial charge in [0.05, 0.1) is 23.0 Å². The van der Waals surface area contributed by atoms with Crippen LogP contribution in [0.4, 0.5) is 0 Å². The summed E-state index contributed by atoms with van der Waals surface area (Å²) < 4.78 is 13.0. The third-order valence-electron chi connectivity index (χ3n) is 7.81. The second-order valence-corrected chi connectivity index (χ2v) is 8.91. The minimum Gasteiger partial charge on any atom is -0.404 e. The summed E-state index contributed by atoms with van der Waals surface area (Å²) in [4.78, 5) is 14.1. The van der Waals surface area contributed by atoms with Crippen LogP contribution < -0.4 is 0 Å². The van der Waals surface area contributed by atoms with E-state index in [1.807, 2.05) is 4.90 Å². The number of amides is 1. The molecular formula is C16H23BBrNO3. The normalized spacial score (nSPS) is 54.8. The van der Waals surface area contributed by atoms with Crippen molar-refractivity contribution in [3.8, 4) is 0 Å². The lowest BCUT2D eigenvalue weighted by molar-refractivity contribution is -0.176. The van der Waals surface area contributed by atoms with Gasteiger partial charge in [0.2, 0.25) is 5.91 Å². The van der Waals surface area contributed by atoms with Crippen molar-refractivity contribution in [3.05, 3.63) is 0 Å². The molecule has 3 aliphatic carbocycles. The van der Waals surface area contributed by atoms with Gasteiger partial charge in [-0.25, -0.2) is 0 Å². The van der Waals surface area contributed by atoms with Crippen LogP contribution in [0.25, 0.3) is 0 Å². The predicted molar refractivity (Wildman–Crippen MR) is 86.5 cm³/mol. The van der Waals surface area contributed by atoms with Crippen LogP contribution in [0.2, 0.25) is 0 Å². The number of hydrogen-bond donors (Lipinski definition) is 0. The zero-order valence-corrected chi connectivity index (χ0v) is 14.8. The molecule has 0 aromatic carbocycles. The average Bonchev–Trinajstić information content (AvgIpc) is 3.10. The van der Waals surface area contributed by atoms with E-state index in [2.05, 4.69) is 29.8 Å². The van der Waals surface area contributed by atoms with Crippen LogP contribution in [-0.4, -0.2) is 47.4 Å². The number of rotatable bonds is 2. The van der Waals surface area contributed by atoms with Gasteiger partial charge in [-0.3, -0.25) is 4.79 Å². The van der Waals surface area contributed by atoms with Crippen molar-refractivity contribution in [3.63, 3.8) is 0 Å². The quantitative estimate of drug-likeness (QED) is 0.555. The summed E-state index contributed by atoms with van der Waals surface area (Å²) in [6, 6.07) is 0. The molecule has 0 aromatic rings. The monoisotopic (exact) mass is 367 g/mol. The molecule has 5 unspecified atom stereocenters. The smallest absolute Gasteiger partial charge is 0.404 e. The van der Waals surface area contributed by atoms with E-state index in [4.69, 9.17) is 9.31 Å². The Morgan fingerprint density at radius 3 is 2.95 bits per heavy atom. The molecular weight excluding hydrogens is 345 g/mol. The van der Waals surface area contributed by atoms with Crippen molar-refractivity contribution in [2.45, 2.75) is 57.2 Å². The number of hydrogen-bond acceptors (Lipinski definition) is 3. The lowest BCUT2D eigenvalue weighted by Gasteiger charge is -2.64. The molecule has 120 valence electrons. The number of carbonyl (C=O) groups is 1. The summed E-state index contributed by atoms with van der Waals surface area (Å²) >= 11 is 3.30. The Kier molecular flexibility index (Phi) is 2.80. The maximum absolute atomic E-state index is 12.1. The van der Waals surface area contributed by atoms with Gasteiger partial charge in [-0.2, -0.15) is 0 Å². The summed E-state index contributed by atoms with van der Waals surface area (Å²) in [6.45, 7) is 5.56. The van der Waals surface area contributed by atoms with E-state index in [0.717, 1.165) is 25.3 Å². The fourth-order valence-electron chi connectivity index (χ4n) is 6.56. The Labute approximate surface area is 140 Å². The van der Waals surface area contributed by atoms with E-state index in [1.165, 1.54) is 12.8 Å². The van der Waals surface area contributed by atoms with Crippen LogP contribution in [0.5, 0.6) is 0 Å². The van der Waals surface area contributed by atoms with Gasteiger partial charge >= 0.3 is 7.12 Å². The molecule has 2 heterocycles. The molecule has 0 bridgehead atoms. The molecule has 4 nitrogen and oxygen atoms in total. The Bertz CT molecular complexity index is 547. The summed E-state index contributed by atoms with van der Waals surface area (Å²) in [5.74, 6) is 2.51. The van der Waals surface area contributed by atoms with E-state index < -0.39 is 0 Å². The first-order valence-corrected chi connectivity index (χ1v) is 9.81. The lowest BCUT2D eigenvalue weighted by Crippen LogP contribution is -2.61. The Hall–Kier alpha value is -0.0651. The molecule has 1 amide bonds. The minimum atomic E-state index is -0.218. The van der Waals surface area contributed by atoms with Gasteiger partial charge in [0, 0.05) is 6.54 Å². The van der Waals surface area contributed by atoms with E-state index in [9.17, 15) is 4.79 Å². The molecule has 0 aromatic heterocycles. The van der Waals surface area contributed by atoms with Gasteiger partial charge in [-0.1, -0.05) is 22.9 Å². The molecule has 2 saturated heterocycles. The second kappa shape index (κ2) is 4.31. The minimum absolute atomic E-state index is 0.106. The molecule has 22 heavy (non-hydrogen) atoms. The number of likely N-dealkylation sites (tertiary alicyclic amines) is 1. The van der Waals surface area contributed by atoms with Crippen molar-refractivity contribution >= 4 is 29.0 Å². The number of nitrogens with zero attached hydrogens (tertiary/aromatic N) is 1. The molecule has 5 aliphatic rings. The van der Waals surface area contributed by atoms with Gasteiger partial charge in [0.15, 0.2) is 0 Å². The summed E-state index contributed by atoms with van der Waals surface area (Å²) in [6.07, 6.45) is 4.93. The van der Waals surface area contributed by atoms with Crippen LogP contribution >= 0.6 is 15.9 Å². The van der Waals surface area contributed by atoms with Crippen LogP contribution in [0.3, 0.4) is 0 Å². The highest BCUT2D eigenvalue weighted by molar-refractivity contribution is 9.09. The Balaban J connectivity index is 1.39. The number of carbonyl (C=O) groups excluding carboxylic acids is 1. The van der Waals surface area contributed by atoms with E-state index in [0.29, 0.717) is 22.6 Å². The topological polar surface area (TPSA) is 38.8 Å². The average molecular weight is 368 g/mol. The maximum Gasteiger partial charge on any atom is 0.481 e. The standard InChI is InChI=1S/C16H23BBrNO3/c1-15-9-6-10(15)14-16(2,11(15)7-9)22-17(21-14)12-4-3-5-19(12)13(20)8-18/h9-12,14H,3-8H2,1-2H3/t9?,10?,11?,12-,14?,15?,16-/m0/s1. The molecule has 7 atom stereocenters. The Morgan fingerprint density at radius 1 is 1.41 bits per heavy atom. The summed E-state index contributed by atoms with van der Waals surface area (Å²) in [7, 11) is -0.218. The number of fused-ring (bicyclic) bond motifs is 3. The third kappa shape index (κ3) is 1.42. The van der Waals surface area contributed by atoms with Crippen LogP contribution in [0.1, 0.15) is 39.5 Å². The number of halogens is 1. The SMILES string of the molecule is CC12C3CC1C1OB([C@@H]4CCCN4C(=O)CBr)O[C@@]1(C)C2C3. The van der Waals surface area contributed by atoms with Gasteiger partial charge in [-0.05, 0) is 55.8 Å². The fourth-order valence-corrected chi connectivity index (χ4v) is 6.88. The third-order valence-corrected chi connectivity index (χ3v) is 8.29. The highest BCUT2D eigenvalue weighted by Gasteiger charge is 2.80. The van der Waals surface area contributed by atoms with Crippen LogP contribution in [-0.2, 0) is 14.1 Å². The molecule has 0 radical (unpaired) electrons. The summed E-state index contributed by atoms with van der Waals surface area (Å²) in [5, 5.41) is 0.391. The van der Waals surface area contributed by atoms with Gasteiger partial charge in [-0.15, -0.1) is 0 Å². The molecule has 2 aliphatic heterocycles. The highest BCUT2D eigenvalue weighted by atomic mass is 79.9. The summed E-state index contributed by atoms with van der Waals surface area (Å²) in [5.41, 5.74) is 0.355.